The Bertz CT molecular complexity index is 632. The fourth-order valence-electron chi connectivity index (χ4n) is 1.78. The van der Waals surface area contributed by atoms with Crippen LogP contribution in [-0.2, 0) is 0 Å². The first-order chi connectivity index (χ1) is 8.90. The number of oxime groups is 1. The van der Waals surface area contributed by atoms with Crippen LogP contribution in [0.2, 0.25) is 0 Å². The van der Waals surface area contributed by atoms with Crippen molar-refractivity contribution in [3.63, 3.8) is 0 Å². The predicted molar refractivity (Wildman–Crippen MR) is 79.9 cm³/mol. The van der Waals surface area contributed by atoms with E-state index >= 15 is 0 Å². The molecular formula is C14H17N3OS. The highest BCUT2D eigenvalue weighted by molar-refractivity contribution is 8.00. The van der Waals surface area contributed by atoms with Crippen molar-refractivity contribution in [3.8, 4) is 0 Å². The largest absolute Gasteiger partial charge is 0.409 e. The molecule has 0 amide bonds. The smallest absolute Gasteiger partial charge is 0.170 e. The SMILES string of the molecule is CC(C)(C)Sc1cc(C(N)=NO)c2ccccc2n1. The maximum atomic E-state index is 8.91. The predicted octanol–water partition coefficient (Wildman–Crippen LogP) is 3.22. The lowest BCUT2D eigenvalue weighted by Gasteiger charge is -2.17. The second-order valence-electron chi connectivity index (χ2n) is 5.22. The summed E-state index contributed by atoms with van der Waals surface area (Å²) in [5, 5.41) is 13.8. The summed E-state index contributed by atoms with van der Waals surface area (Å²) < 4.78 is 0.0534. The highest BCUT2D eigenvalue weighted by Gasteiger charge is 2.16. The summed E-state index contributed by atoms with van der Waals surface area (Å²) in [7, 11) is 0. The molecule has 0 aliphatic carbocycles. The van der Waals surface area contributed by atoms with Crippen LogP contribution in [0.25, 0.3) is 10.9 Å². The molecule has 0 atom stereocenters. The minimum atomic E-state index is 0.0534. The van der Waals surface area contributed by atoms with E-state index in [1.165, 1.54) is 0 Å². The topological polar surface area (TPSA) is 71.5 Å². The Morgan fingerprint density at radius 3 is 2.63 bits per heavy atom. The van der Waals surface area contributed by atoms with Gasteiger partial charge in [-0.15, -0.1) is 11.8 Å². The van der Waals surface area contributed by atoms with Gasteiger partial charge in [-0.2, -0.15) is 0 Å². The van der Waals surface area contributed by atoms with E-state index in [-0.39, 0.29) is 10.6 Å². The zero-order valence-electron chi connectivity index (χ0n) is 11.2. The molecule has 0 aliphatic heterocycles. The number of para-hydroxylation sites is 1. The average molecular weight is 275 g/mol. The van der Waals surface area contributed by atoms with Crippen molar-refractivity contribution in [2.45, 2.75) is 30.5 Å². The Kier molecular flexibility index (Phi) is 3.66. The summed E-state index contributed by atoms with van der Waals surface area (Å²) in [6.45, 7) is 6.37. The zero-order valence-corrected chi connectivity index (χ0v) is 12.0. The average Bonchev–Trinajstić information content (AvgIpc) is 2.35. The zero-order chi connectivity index (χ0) is 14.0. The summed E-state index contributed by atoms with van der Waals surface area (Å²) in [6.07, 6.45) is 0. The number of hydrogen-bond acceptors (Lipinski definition) is 4. The molecule has 0 bridgehead atoms. The van der Waals surface area contributed by atoms with E-state index < -0.39 is 0 Å². The number of hydrogen-bond donors (Lipinski definition) is 2. The summed E-state index contributed by atoms with van der Waals surface area (Å²) in [6, 6.07) is 9.55. The third-order valence-electron chi connectivity index (χ3n) is 2.49. The molecule has 0 saturated carbocycles. The molecule has 1 aromatic heterocycles. The Labute approximate surface area is 116 Å². The summed E-state index contributed by atoms with van der Waals surface area (Å²) >= 11 is 1.65. The van der Waals surface area contributed by atoms with Crippen LogP contribution in [0.4, 0.5) is 0 Å². The van der Waals surface area contributed by atoms with Crippen LogP contribution in [0.3, 0.4) is 0 Å². The molecule has 2 rings (SSSR count). The van der Waals surface area contributed by atoms with Crippen LogP contribution >= 0.6 is 11.8 Å². The van der Waals surface area contributed by atoms with Gasteiger partial charge in [-0.3, -0.25) is 0 Å². The Balaban J connectivity index is 2.63. The van der Waals surface area contributed by atoms with Gasteiger partial charge in [0.05, 0.1) is 10.5 Å². The highest BCUT2D eigenvalue weighted by atomic mass is 32.2. The monoisotopic (exact) mass is 275 g/mol. The molecule has 0 unspecified atom stereocenters. The van der Waals surface area contributed by atoms with E-state index in [1.54, 1.807) is 11.8 Å². The molecule has 0 radical (unpaired) electrons. The normalized spacial score (nSPS) is 12.9. The number of amidine groups is 1. The van der Waals surface area contributed by atoms with Crippen molar-refractivity contribution in [3.05, 3.63) is 35.9 Å². The first-order valence-electron chi connectivity index (χ1n) is 5.97. The van der Waals surface area contributed by atoms with Gasteiger partial charge in [-0.1, -0.05) is 44.1 Å². The minimum absolute atomic E-state index is 0.0534. The first kappa shape index (κ1) is 13.7. The van der Waals surface area contributed by atoms with Crippen molar-refractivity contribution in [2.24, 2.45) is 10.9 Å². The van der Waals surface area contributed by atoms with E-state index in [2.05, 4.69) is 30.9 Å². The van der Waals surface area contributed by atoms with Crippen molar-refractivity contribution in [2.75, 3.05) is 0 Å². The van der Waals surface area contributed by atoms with E-state index in [0.29, 0.717) is 5.56 Å². The molecule has 0 fully saturated rings. The van der Waals surface area contributed by atoms with Crippen LogP contribution in [0, 0.1) is 0 Å². The number of pyridine rings is 1. The number of thioether (sulfide) groups is 1. The van der Waals surface area contributed by atoms with Crippen molar-refractivity contribution < 1.29 is 5.21 Å². The minimum Gasteiger partial charge on any atom is -0.409 e. The van der Waals surface area contributed by atoms with Gasteiger partial charge in [0.1, 0.15) is 0 Å². The second-order valence-corrected chi connectivity index (χ2v) is 7.07. The highest BCUT2D eigenvalue weighted by Crippen LogP contribution is 2.32. The van der Waals surface area contributed by atoms with Crippen molar-refractivity contribution >= 4 is 28.5 Å². The number of benzene rings is 1. The van der Waals surface area contributed by atoms with Gasteiger partial charge in [-0.05, 0) is 12.1 Å². The molecule has 100 valence electrons. The molecule has 3 N–H and O–H groups in total. The summed E-state index contributed by atoms with van der Waals surface area (Å²) in [5.41, 5.74) is 7.31. The van der Waals surface area contributed by atoms with Crippen LogP contribution in [0.1, 0.15) is 26.3 Å². The lowest BCUT2D eigenvalue weighted by Crippen LogP contribution is -2.15. The molecular weight excluding hydrogens is 258 g/mol. The molecule has 1 heterocycles. The van der Waals surface area contributed by atoms with E-state index in [1.807, 2.05) is 30.3 Å². The van der Waals surface area contributed by atoms with Gasteiger partial charge in [-0.25, -0.2) is 4.98 Å². The maximum Gasteiger partial charge on any atom is 0.170 e. The molecule has 4 nitrogen and oxygen atoms in total. The number of aromatic nitrogens is 1. The van der Waals surface area contributed by atoms with E-state index in [0.717, 1.165) is 15.9 Å². The van der Waals surface area contributed by atoms with Crippen molar-refractivity contribution in [1.82, 2.24) is 4.98 Å². The molecule has 0 spiro atoms. The molecule has 19 heavy (non-hydrogen) atoms. The molecule has 0 aliphatic rings. The van der Waals surface area contributed by atoms with Gasteiger partial charge in [0.25, 0.3) is 0 Å². The number of fused-ring (bicyclic) bond motifs is 1. The number of nitrogens with two attached hydrogens (primary N) is 1. The summed E-state index contributed by atoms with van der Waals surface area (Å²) in [4.78, 5) is 4.61. The van der Waals surface area contributed by atoms with Gasteiger partial charge < -0.3 is 10.9 Å². The van der Waals surface area contributed by atoms with Gasteiger partial charge in [0.2, 0.25) is 0 Å². The standard InChI is InChI=1S/C14H17N3OS/c1-14(2,3)19-12-8-10(13(15)17-18)9-6-4-5-7-11(9)16-12/h4-8,18H,1-3H3,(H2,15,17). The van der Waals surface area contributed by atoms with Crippen LogP contribution in [0.5, 0.6) is 0 Å². The lowest BCUT2D eigenvalue weighted by molar-refractivity contribution is 0.318. The Hall–Kier alpha value is -1.75. The maximum absolute atomic E-state index is 8.91. The van der Waals surface area contributed by atoms with E-state index in [9.17, 15) is 0 Å². The molecule has 1 aromatic carbocycles. The molecule has 5 heteroatoms. The number of nitrogens with zero attached hydrogens (tertiary/aromatic N) is 2. The van der Waals surface area contributed by atoms with E-state index in [4.69, 9.17) is 10.9 Å². The van der Waals surface area contributed by atoms with Gasteiger partial charge in [0, 0.05) is 15.7 Å². The fourth-order valence-corrected chi connectivity index (χ4v) is 2.73. The van der Waals surface area contributed by atoms with Crippen LogP contribution in [-0.4, -0.2) is 20.8 Å². The lowest BCUT2D eigenvalue weighted by atomic mass is 10.1. The van der Waals surface area contributed by atoms with Crippen LogP contribution in [0.15, 0.2) is 40.5 Å². The van der Waals surface area contributed by atoms with Crippen molar-refractivity contribution in [1.29, 1.82) is 0 Å². The third-order valence-corrected chi connectivity index (χ3v) is 3.52. The van der Waals surface area contributed by atoms with Gasteiger partial charge >= 0.3 is 0 Å². The third kappa shape index (κ3) is 3.17. The first-order valence-corrected chi connectivity index (χ1v) is 6.79. The number of rotatable bonds is 2. The molecule has 2 aromatic rings. The second kappa shape index (κ2) is 5.09. The Morgan fingerprint density at radius 2 is 2.00 bits per heavy atom. The van der Waals surface area contributed by atoms with Gasteiger partial charge in [0.15, 0.2) is 5.84 Å². The van der Waals surface area contributed by atoms with Crippen LogP contribution < -0.4 is 5.73 Å². The Morgan fingerprint density at radius 1 is 1.32 bits per heavy atom. The molecule has 0 saturated heterocycles. The fraction of sp³-hybridized carbons (Fsp3) is 0.286. The summed E-state index contributed by atoms with van der Waals surface area (Å²) in [5.74, 6) is 0.106. The quantitative estimate of drug-likeness (QED) is 0.290.